The van der Waals surface area contributed by atoms with Gasteiger partial charge in [0.15, 0.2) is 0 Å². The van der Waals surface area contributed by atoms with E-state index in [0.717, 1.165) is 29.8 Å². The molecule has 0 saturated carbocycles. The van der Waals surface area contributed by atoms with Crippen LogP contribution in [0.15, 0.2) is 54.6 Å². The van der Waals surface area contributed by atoms with Crippen LogP contribution in [0.5, 0.6) is 5.75 Å². The highest BCUT2D eigenvalue weighted by molar-refractivity contribution is 5.99. The van der Waals surface area contributed by atoms with Crippen molar-refractivity contribution >= 4 is 11.9 Å². The van der Waals surface area contributed by atoms with Crippen LogP contribution in [0.25, 0.3) is 0 Å². The highest BCUT2D eigenvalue weighted by Crippen LogP contribution is 2.37. The van der Waals surface area contributed by atoms with Crippen molar-refractivity contribution in [2.24, 2.45) is 5.92 Å². The number of carbonyl (C=O) groups excluding carboxylic acids is 2. The number of fused-ring (bicyclic) bond motifs is 1. The number of imide groups is 1. The van der Waals surface area contributed by atoms with Gasteiger partial charge in [0.1, 0.15) is 5.75 Å². The standard InChI is InChI=1S/C21H23N3O3/c1-27-16-9-7-15(8-10-16)17-11-12-22-19-18(17)20(25)23-21(26)24(19)13-14-5-3-2-4-6-14/h2-10,17-19,22H,11-13H2,1H3,(H,23,25,26). The summed E-state index contributed by atoms with van der Waals surface area (Å²) in [6.45, 7) is 1.22. The molecule has 2 aliphatic heterocycles. The molecule has 0 radical (unpaired) electrons. The van der Waals surface area contributed by atoms with E-state index in [4.69, 9.17) is 4.74 Å². The fourth-order valence-corrected chi connectivity index (χ4v) is 4.11. The van der Waals surface area contributed by atoms with Crippen LogP contribution in [0.2, 0.25) is 0 Å². The van der Waals surface area contributed by atoms with Crippen LogP contribution in [0.3, 0.4) is 0 Å². The lowest BCUT2D eigenvalue weighted by molar-refractivity contribution is -0.131. The van der Waals surface area contributed by atoms with E-state index in [0.29, 0.717) is 6.54 Å². The smallest absolute Gasteiger partial charge is 0.325 e. The molecule has 2 saturated heterocycles. The topological polar surface area (TPSA) is 70.7 Å². The molecule has 6 nitrogen and oxygen atoms in total. The molecule has 2 heterocycles. The Labute approximate surface area is 158 Å². The molecule has 3 amide bonds. The van der Waals surface area contributed by atoms with E-state index in [2.05, 4.69) is 10.6 Å². The molecular weight excluding hydrogens is 342 g/mol. The van der Waals surface area contributed by atoms with Crippen molar-refractivity contribution < 1.29 is 14.3 Å². The van der Waals surface area contributed by atoms with E-state index < -0.39 is 0 Å². The first-order chi connectivity index (χ1) is 13.2. The molecule has 0 spiro atoms. The zero-order chi connectivity index (χ0) is 18.8. The van der Waals surface area contributed by atoms with Gasteiger partial charge < -0.3 is 9.64 Å². The second kappa shape index (κ2) is 7.40. The maximum Gasteiger partial charge on any atom is 0.325 e. The summed E-state index contributed by atoms with van der Waals surface area (Å²) in [5.41, 5.74) is 2.13. The number of methoxy groups -OCH3 is 1. The summed E-state index contributed by atoms with van der Waals surface area (Å²) in [6.07, 6.45) is 0.529. The van der Waals surface area contributed by atoms with E-state index in [-0.39, 0.29) is 29.9 Å². The number of carbonyl (C=O) groups is 2. The minimum absolute atomic E-state index is 0.0496. The fraction of sp³-hybridized carbons (Fsp3) is 0.333. The SMILES string of the molecule is COc1ccc(C2CCNC3C2C(=O)NC(=O)N3Cc2ccccc2)cc1. The van der Waals surface area contributed by atoms with Gasteiger partial charge in [0, 0.05) is 12.5 Å². The predicted molar refractivity (Wildman–Crippen MR) is 101 cm³/mol. The molecular formula is C21H23N3O3. The number of rotatable bonds is 4. The largest absolute Gasteiger partial charge is 0.497 e. The van der Waals surface area contributed by atoms with Crippen LogP contribution in [0, 0.1) is 5.92 Å². The van der Waals surface area contributed by atoms with Crippen LogP contribution >= 0.6 is 0 Å². The predicted octanol–water partition coefficient (Wildman–Crippen LogP) is 2.47. The van der Waals surface area contributed by atoms with Gasteiger partial charge in [-0.05, 0) is 36.2 Å². The first-order valence-corrected chi connectivity index (χ1v) is 9.20. The summed E-state index contributed by atoms with van der Waals surface area (Å²) < 4.78 is 5.24. The maximum absolute atomic E-state index is 12.7. The summed E-state index contributed by atoms with van der Waals surface area (Å²) in [4.78, 5) is 27.0. The van der Waals surface area contributed by atoms with E-state index in [1.807, 2.05) is 54.6 Å². The average molecular weight is 365 g/mol. The van der Waals surface area contributed by atoms with Gasteiger partial charge in [-0.1, -0.05) is 42.5 Å². The summed E-state index contributed by atoms with van der Waals surface area (Å²) in [7, 11) is 1.64. The van der Waals surface area contributed by atoms with Crippen molar-refractivity contribution in [3.63, 3.8) is 0 Å². The lowest BCUT2D eigenvalue weighted by atomic mass is 9.77. The Morgan fingerprint density at radius 2 is 1.81 bits per heavy atom. The second-order valence-electron chi connectivity index (χ2n) is 7.00. The highest BCUT2D eigenvalue weighted by Gasteiger charge is 2.47. The minimum Gasteiger partial charge on any atom is -0.497 e. The molecule has 2 fully saturated rings. The van der Waals surface area contributed by atoms with E-state index in [1.165, 1.54) is 0 Å². The summed E-state index contributed by atoms with van der Waals surface area (Å²) in [5, 5.41) is 5.95. The Morgan fingerprint density at radius 3 is 2.52 bits per heavy atom. The minimum atomic E-state index is -0.340. The van der Waals surface area contributed by atoms with Gasteiger partial charge in [-0.25, -0.2) is 4.79 Å². The van der Waals surface area contributed by atoms with Crippen LogP contribution in [-0.4, -0.2) is 36.7 Å². The molecule has 0 aliphatic carbocycles. The number of nitrogens with one attached hydrogen (secondary N) is 2. The van der Waals surface area contributed by atoms with Crippen molar-refractivity contribution in [1.82, 2.24) is 15.5 Å². The van der Waals surface area contributed by atoms with Crippen molar-refractivity contribution in [1.29, 1.82) is 0 Å². The van der Waals surface area contributed by atoms with E-state index in [1.54, 1.807) is 12.0 Å². The molecule has 0 aromatic heterocycles. The Hall–Kier alpha value is -2.86. The molecule has 140 valence electrons. The molecule has 3 unspecified atom stereocenters. The number of ether oxygens (including phenoxy) is 1. The van der Waals surface area contributed by atoms with Gasteiger partial charge in [-0.15, -0.1) is 0 Å². The molecule has 27 heavy (non-hydrogen) atoms. The Balaban J connectivity index is 1.62. The average Bonchev–Trinajstić information content (AvgIpc) is 2.71. The quantitative estimate of drug-likeness (QED) is 0.873. The van der Waals surface area contributed by atoms with Crippen molar-refractivity contribution in [3.05, 3.63) is 65.7 Å². The third-order valence-electron chi connectivity index (χ3n) is 5.45. The normalized spacial score (nSPS) is 24.9. The maximum atomic E-state index is 12.7. The monoisotopic (exact) mass is 365 g/mol. The summed E-state index contributed by atoms with van der Waals surface area (Å²) >= 11 is 0. The number of piperidine rings is 1. The van der Waals surface area contributed by atoms with Crippen molar-refractivity contribution in [2.75, 3.05) is 13.7 Å². The molecule has 2 aliphatic rings. The number of hydrogen-bond acceptors (Lipinski definition) is 4. The zero-order valence-electron chi connectivity index (χ0n) is 15.2. The number of amides is 3. The summed E-state index contributed by atoms with van der Waals surface area (Å²) in [5.74, 6) is 0.308. The van der Waals surface area contributed by atoms with Gasteiger partial charge in [-0.3, -0.25) is 15.4 Å². The van der Waals surface area contributed by atoms with Crippen LogP contribution in [0.1, 0.15) is 23.5 Å². The van der Waals surface area contributed by atoms with Gasteiger partial charge in [-0.2, -0.15) is 0 Å². The molecule has 2 aromatic carbocycles. The second-order valence-corrected chi connectivity index (χ2v) is 7.00. The lowest BCUT2D eigenvalue weighted by Gasteiger charge is -2.46. The van der Waals surface area contributed by atoms with Gasteiger partial charge >= 0.3 is 6.03 Å². The molecule has 2 aromatic rings. The fourth-order valence-electron chi connectivity index (χ4n) is 4.11. The molecule has 6 heteroatoms. The van der Waals surface area contributed by atoms with Gasteiger partial charge in [0.05, 0.1) is 19.2 Å². The molecule has 0 bridgehead atoms. The van der Waals surface area contributed by atoms with Crippen LogP contribution in [0.4, 0.5) is 4.79 Å². The third-order valence-corrected chi connectivity index (χ3v) is 5.45. The molecule has 2 N–H and O–H groups in total. The Kier molecular flexibility index (Phi) is 4.81. The Morgan fingerprint density at radius 1 is 1.07 bits per heavy atom. The van der Waals surface area contributed by atoms with Crippen molar-refractivity contribution in [3.8, 4) is 5.75 Å². The van der Waals surface area contributed by atoms with Gasteiger partial charge in [0.25, 0.3) is 0 Å². The summed E-state index contributed by atoms with van der Waals surface area (Å²) in [6, 6.07) is 17.3. The van der Waals surface area contributed by atoms with Crippen LogP contribution in [-0.2, 0) is 11.3 Å². The first-order valence-electron chi connectivity index (χ1n) is 9.20. The number of benzene rings is 2. The highest BCUT2D eigenvalue weighted by atomic mass is 16.5. The first kappa shape index (κ1) is 17.5. The van der Waals surface area contributed by atoms with E-state index in [9.17, 15) is 9.59 Å². The number of hydrogen-bond donors (Lipinski definition) is 2. The van der Waals surface area contributed by atoms with Gasteiger partial charge in [0.2, 0.25) is 5.91 Å². The number of urea groups is 1. The molecule has 3 atom stereocenters. The Bertz CT molecular complexity index is 822. The molecule has 4 rings (SSSR count). The van der Waals surface area contributed by atoms with Crippen LogP contribution < -0.4 is 15.4 Å². The van der Waals surface area contributed by atoms with E-state index >= 15 is 0 Å². The number of nitrogens with zero attached hydrogens (tertiary/aromatic N) is 1. The zero-order valence-corrected chi connectivity index (χ0v) is 15.2. The lowest BCUT2D eigenvalue weighted by Crippen LogP contribution is -2.67. The third kappa shape index (κ3) is 3.40. The van der Waals surface area contributed by atoms with Crippen molar-refractivity contribution in [2.45, 2.75) is 25.0 Å².